The number of benzene rings is 1. The van der Waals surface area contributed by atoms with Crippen molar-refractivity contribution in [2.45, 2.75) is 20.8 Å². The standard InChI is InChI=1S/C20H19N3O/c1-14-10-15(2)20(16(3)11-14)23-13-18-8-7-17(24-18)12-22-19-6-4-5-9-21-19/h4-13H,1-3H3/b22-12+,23-13?. The van der Waals surface area contributed by atoms with Crippen molar-refractivity contribution in [3.05, 3.63) is 76.9 Å². The lowest BCUT2D eigenvalue weighted by Gasteiger charge is -2.05. The number of pyridine rings is 1. The molecule has 0 atom stereocenters. The maximum Gasteiger partial charge on any atom is 0.151 e. The predicted octanol–water partition coefficient (Wildman–Crippen LogP) is 5.10. The van der Waals surface area contributed by atoms with Crippen LogP contribution in [0.25, 0.3) is 0 Å². The molecule has 120 valence electrons. The number of aromatic nitrogens is 1. The van der Waals surface area contributed by atoms with Crippen LogP contribution in [0.15, 0.2) is 63.1 Å². The summed E-state index contributed by atoms with van der Waals surface area (Å²) in [6.07, 6.45) is 5.10. The molecular formula is C20H19N3O. The molecule has 0 amide bonds. The molecule has 0 fully saturated rings. The Morgan fingerprint density at radius 1 is 0.875 bits per heavy atom. The van der Waals surface area contributed by atoms with Crippen LogP contribution >= 0.6 is 0 Å². The summed E-state index contributed by atoms with van der Waals surface area (Å²) in [5, 5.41) is 0. The quantitative estimate of drug-likeness (QED) is 0.628. The van der Waals surface area contributed by atoms with Crippen LogP contribution < -0.4 is 0 Å². The molecular weight excluding hydrogens is 298 g/mol. The lowest BCUT2D eigenvalue weighted by atomic mass is 10.1. The smallest absolute Gasteiger partial charge is 0.151 e. The summed E-state index contributed by atoms with van der Waals surface area (Å²) in [5.74, 6) is 2.01. The average molecular weight is 317 g/mol. The van der Waals surface area contributed by atoms with Crippen molar-refractivity contribution in [1.82, 2.24) is 4.98 Å². The minimum absolute atomic E-state index is 0.648. The lowest BCUT2D eigenvalue weighted by molar-refractivity contribution is 0.553. The normalized spacial score (nSPS) is 11.6. The zero-order chi connectivity index (χ0) is 16.9. The maximum absolute atomic E-state index is 5.70. The third kappa shape index (κ3) is 3.84. The van der Waals surface area contributed by atoms with Crippen molar-refractivity contribution in [3.8, 4) is 0 Å². The van der Waals surface area contributed by atoms with E-state index in [4.69, 9.17) is 4.42 Å². The molecule has 0 bridgehead atoms. The molecule has 0 spiro atoms. The van der Waals surface area contributed by atoms with E-state index in [-0.39, 0.29) is 0 Å². The van der Waals surface area contributed by atoms with Crippen LogP contribution in [0.5, 0.6) is 0 Å². The highest BCUT2D eigenvalue weighted by Gasteiger charge is 2.03. The monoisotopic (exact) mass is 317 g/mol. The van der Waals surface area contributed by atoms with E-state index in [0.717, 1.165) is 16.8 Å². The van der Waals surface area contributed by atoms with E-state index in [1.54, 1.807) is 18.6 Å². The molecule has 4 heteroatoms. The first-order valence-corrected chi connectivity index (χ1v) is 7.79. The lowest BCUT2D eigenvalue weighted by Crippen LogP contribution is -1.85. The highest BCUT2D eigenvalue weighted by Crippen LogP contribution is 2.25. The number of rotatable bonds is 4. The Kier molecular flexibility index (Phi) is 4.66. The van der Waals surface area contributed by atoms with Gasteiger partial charge in [-0.25, -0.2) is 9.98 Å². The van der Waals surface area contributed by atoms with Gasteiger partial charge in [-0.2, -0.15) is 0 Å². The fraction of sp³-hybridized carbons (Fsp3) is 0.150. The van der Waals surface area contributed by atoms with Gasteiger partial charge in [-0.15, -0.1) is 0 Å². The second-order valence-electron chi connectivity index (χ2n) is 5.69. The number of nitrogens with zero attached hydrogens (tertiary/aromatic N) is 3. The van der Waals surface area contributed by atoms with Gasteiger partial charge in [0.2, 0.25) is 0 Å². The number of furan rings is 1. The van der Waals surface area contributed by atoms with E-state index in [2.05, 4.69) is 47.9 Å². The third-order valence-electron chi connectivity index (χ3n) is 3.58. The summed E-state index contributed by atoms with van der Waals surface area (Å²) in [5.41, 5.74) is 4.55. The van der Waals surface area contributed by atoms with Crippen molar-refractivity contribution < 1.29 is 4.42 Å². The number of hydrogen-bond donors (Lipinski definition) is 0. The van der Waals surface area contributed by atoms with Crippen LogP contribution in [0, 0.1) is 20.8 Å². The molecule has 2 heterocycles. The van der Waals surface area contributed by atoms with Crippen LogP contribution in [-0.2, 0) is 0 Å². The van der Waals surface area contributed by atoms with Gasteiger partial charge in [-0.1, -0.05) is 23.8 Å². The van der Waals surface area contributed by atoms with E-state index in [1.165, 1.54) is 5.56 Å². The van der Waals surface area contributed by atoms with Crippen LogP contribution in [0.2, 0.25) is 0 Å². The van der Waals surface area contributed by atoms with Gasteiger partial charge in [-0.05, 0) is 56.2 Å². The Bertz CT molecular complexity index is 869. The van der Waals surface area contributed by atoms with E-state index in [1.807, 2.05) is 30.3 Å². The fourth-order valence-corrected chi connectivity index (χ4v) is 2.57. The Labute approximate surface area is 141 Å². The highest BCUT2D eigenvalue weighted by molar-refractivity contribution is 5.83. The second kappa shape index (κ2) is 7.04. The largest absolute Gasteiger partial charge is 0.454 e. The van der Waals surface area contributed by atoms with Gasteiger partial charge < -0.3 is 4.42 Å². The summed E-state index contributed by atoms with van der Waals surface area (Å²) >= 11 is 0. The Morgan fingerprint density at radius 2 is 1.54 bits per heavy atom. The molecule has 0 saturated heterocycles. The summed E-state index contributed by atoms with van der Waals surface area (Å²) in [6.45, 7) is 6.23. The van der Waals surface area contributed by atoms with E-state index in [9.17, 15) is 0 Å². The Balaban J connectivity index is 1.76. The van der Waals surface area contributed by atoms with Gasteiger partial charge >= 0.3 is 0 Å². The molecule has 0 aliphatic carbocycles. The molecule has 24 heavy (non-hydrogen) atoms. The molecule has 0 aliphatic rings. The topological polar surface area (TPSA) is 50.8 Å². The minimum atomic E-state index is 0.648. The van der Waals surface area contributed by atoms with Crippen molar-refractivity contribution in [2.24, 2.45) is 9.98 Å². The SMILES string of the molecule is Cc1cc(C)c(N=Cc2ccc(/C=N/c3ccccn3)o2)c(C)c1. The van der Waals surface area contributed by atoms with Gasteiger partial charge in [0.05, 0.1) is 18.1 Å². The highest BCUT2D eigenvalue weighted by atomic mass is 16.3. The van der Waals surface area contributed by atoms with E-state index in [0.29, 0.717) is 17.3 Å². The second-order valence-corrected chi connectivity index (χ2v) is 5.69. The molecule has 0 aliphatic heterocycles. The zero-order valence-electron chi connectivity index (χ0n) is 14.0. The van der Waals surface area contributed by atoms with Crippen molar-refractivity contribution >= 4 is 23.9 Å². The van der Waals surface area contributed by atoms with Crippen molar-refractivity contribution in [1.29, 1.82) is 0 Å². The summed E-state index contributed by atoms with van der Waals surface area (Å²) in [6, 6.07) is 13.6. The van der Waals surface area contributed by atoms with Crippen LogP contribution in [0.1, 0.15) is 28.2 Å². The molecule has 3 aromatic rings. The molecule has 0 saturated carbocycles. The molecule has 2 aromatic heterocycles. The summed E-state index contributed by atoms with van der Waals surface area (Å²) in [4.78, 5) is 13.0. The Morgan fingerprint density at radius 3 is 2.17 bits per heavy atom. The summed E-state index contributed by atoms with van der Waals surface area (Å²) in [7, 11) is 0. The third-order valence-corrected chi connectivity index (χ3v) is 3.58. The van der Waals surface area contributed by atoms with E-state index >= 15 is 0 Å². The Hall–Kier alpha value is -3.01. The molecule has 0 unspecified atom stereocenters. The predicted molar refractivity (Wildman–Crippen MR) is 98.1 cm³/mol. The molecule has 0 N–H and O–H groups in total. The van der Waals surface area contributed by atoms with Gasteiger partial charge in [0.1, 0.15) is 11.5 Å². The van der Waals surface area contributed by atoms with Crippen LogP contribution in [-0.4, -0.2) is 17.4 Å². The van der Waals surface area contributed by atoms with Crippen molar-refractivity contribution in [3.63, 3.8) is 0 Å². The minimum Gasteiger partial charge on any atom is -0.454 e. The summed E-state index contributed by atoms with van der Waals surface area (Å²) < 4.78 is 5.70. The molecule has 3 rings (SSSR count). The maximum atomic E-state index is 5.70. The van der Waals surface area contributed by atoms with Gasteiger partial charge in [-0.3, -0.25) is 4.99 Å². The number of aryl methyl sites for hydroxylation is 3. The van der Waals surface area contributed by atoms with Crippen molar-refractivity contribution in [2.75, 3.05) is 0 Å². The first-order chi connectivity index (χ1) is 11.6. The average Bonchev–Trinajstić information content (AvgIpc) is 3.01. The van der Waals surface area contributed by atoms with Gasteiger partial charge in [0.25, 0.3) is 0 Å². The van der Waals surface area contributed by atoms with Gasteiger partial charge in [0, 0.05) is 6.20 Å². The van der Waals surface area contributed by atoms with E-state index < -0.39 is 0 Å². The number of aliphatic imine (C=N–C) groups is 2. The van der Waals surface area contributed by atoms with Crippen LogP contribution in [0.3, 0.4) is 0 Å². The van der Waals surface area contributed by atoms with Gasteiger partial charge in [0.15, 0.2) is 5.82 Å². The van der Waals surface area contributed by atoms with Crippen LogP contribution in [0.4, 0.5) is 11.5 Å². The zero-order valence-corrected chi connectivity index (χ0v) is 14.0. The first-order valence-electron chi connectivity index (χ1n) is 7.79. The molecule has 1 aromatic carbocycles. The molecule has 0 radical (unpaired) electrons. The fourth-order valence-electron chi connectivity index (χ4n) is 2.57. The first kappa shape index (κ1) is 15.9. The molecule has 4 nitrogen and oxygen atoms in total. The number of hydrogen-bond acceptors (Lipinski definition) is 4.